The Hall–Kier alpha value is -1.58. The maximum absolute atomic E-state index is 13.7. The van der Waals surface area contributed by atoms with Crippen LogP contribution in [0.1, 0.15) is 22.0 Å². The zero-order chi connectivity index (χ0) is 14.5. The molecule has 20 heavy (non-hydrogen) atoms. The highest BCUT2D eigenvalue weighted by Gasteiger charge is 2.17. The van der Waals surface area contributed by atoms with Crippen molar-refractivity contribution >= 4 is 29.1 Å². The van der Waals surface area contributed by atoms with E-state index in [1.165, 1.54) is 12.1 Å². The van der Waals surface area contributed by atoms with Crippen molar-refractivity contribution in [1.29, 1.82) is 0 Å². The van der Waals surface area contributed by atoms with Crippen LogP contribution in [-0.2, 0) is 0 Å². The molecule has 0 aliphatic carbocycles. The first kappa shape index (κ1) is 14.8. The van der Waals surface area contributed by atoms with Crippen molar-refractivity contribution in [3.63, 3.8) is 0 Å². The summed E-state index contributed by atoms with van der Waals surface area (Å²) in [6, 6.07) is 12.8. The largest absolute Gasteiger partial charge is 0.344 e. The van der Waals surface area contributed by atoms with E-state index >= 15 is 0 Å². The number of benzene rings is 2. The molecule has 5 heteroatoms. The summed E-state index contributed by atoms with van der Waals surface area (Å²) in [5.41, 5.74) is 0.811. The predicted molar refractivity (Wildman–Crippen MR) is 78.8 cm³/mol. The molecule has 0 heterocycles. The highest BCUT2D eigenvalue weighted by Crippen LogP contribution is 2.18. The van der Waals surface area contributed by atoms with Gasteiger partial charge in [-0.05, 0) is 23.8 Å². The highest BCUT2D eigenvalue weighted by molar-refractivity contribution is 6.30. The van der Waals surface area contributed by atoms with Crippen LogP contribution < -0.4 is 5.32 Å². The van der Waals surface area contributed by atoms with E-state index in [4.69, 9.17) is 23.2 Å². The van der Waals surface area contributed by atoms with E-state index in [1.807, 2.05) is 30.3 Å². The second-order valence-electron chi connectivity index (χ2n) is 4.22. The van der Waals surface area contributed by atoms with Crippen LogP contribution in [0, 0.1) is 5.82 Å². The summed E-state index contributed by atoms with van der Waals surface area (Å²) < 4.78 is 13.7. The van der Waals surface area contributed by atoms with Crippen LogP contribution in [0.3, 0.4) is 0 Å². The predicted octanol–water partition coefficient (Wildman–Crippen LogP) is 4.19. The van der Waals surface area contributed by atoms with E-state index in [1.54, 1.807) is 0 Å². The molecule has 0 spiro atoms. The van der Waals surface area contributed by atoms with Gasteiger partial charge in [0, 0.05) is 10.9 Å². The SMILES string of the molecule is O=C(NC(CCl)c1ccccc1)c1ccc(Cl)cc1F. The van der Waals surface area contributed by atoms with Crippen LogP contribution in [0.4, 0.5) is 4.39 Å². The average Bonchev–Trinajstić information content (AvgIpc) is 2.45. The number of nitrogens with one attached hydrogen (secondary N) is 1. The van der Waals surface area contributed by atoms with Crippen LogP contribution in [0.2, 0.25) is 5.02 Å². The minimum Gasteiger partial charge on any atom is -0.344 e. The monoisotopic (exact) mass is 311 g/mol. The zero-order valence-corrected chi connectivity index (χ0v) is 12.0. The molecule has 0 aliphatic heterocycles. The van der Waals surface area contributed by atoms with Crippen LogP contribution in [0.15, 0.2) is 48.5 Å². The van der Waals surface area contributed by atoms with Gasteiger partial charge in [-0.15, -0.1) is 11.6 Å². The van der Waals surface area contributed by atoms with Gasteiger partial charge in [0.1, 0.15) is 5.82 Å². The number of amides is 1. The van der Waals surface area contributed by atoms with Gasteiger partial charge in [0.05, 0.1) is 11.6 Å². The summed E-state index contributed by atoms with van der Waals surface area (Å²) in [5, 5.41) is 2.95. The number of alkyl halides is 1. The van der Waals surface area contributed by atoms with Crippen molar-refractivity contribution < 1.29 is 9.18 Å². The van der Waals surface area contributed by atoms with Gasteiger partial charge in [-0.25, -0.2) is 4.39 Å². The van der Waals surface area contributed by atoms with Crippen LogP contribution in [0.25, 0.3) is 0 Å². The van der Waals surface area contributed by atoms with E-state index < -0.39 is 11.7 Å². The molecule has 2 aromatic carbocycles. The highest BCUT2D eigenvalue weighted by atomic mass is 35.5. The van der Waals surface area contributed by atoms with E-state index in [0.29, 0.717) is 0 Å². The van der Waals surface area contributed by atoms with Crippen molar-refractivity contribution in [3.05, 3.63) is 70.5 Å². The summed E-state index contributed by atoms with van der Waals surface area (Å²) in [6.45, 7) is 0. The third kappa shape index (κ3) is 3.50. The molecular weight excluding hydrogens is 300 g/mol. The minimum atomic E-state index is -0.656. The van der Waals surface area contributed by atoms with Gasteiger partial charge >= 0.3 is 0 Å². The topological polar surface area (TPSA) is 29.1 Å². The fourth-order valence-corrected chi connectivity index (χ4v) is 2.22. The molecule has 0 radical (unpaired) electrons. The van der Waals surface area contributed by atoms with Gasteiger partial charge in [0.2, 0.25) is 0 Å². The van der Waals surface area contributed by atoms with Crippen molar-refractivity contribution in [2.45, 2.75) is 6.04 Å². The Labute approximate surface area is 126 Å². The lowest BCUT2D eigenvalue weighted by Gasteiger charge is -2.16. The van der Waals surface area contributed by atoms with Crippen molar-refractivity contribution in [1.82, 2.24) is 5.32 Å². The molecule has 0 aromatic heterocycles. The molecule has 0 fully saturated rings. The normalized spacial score (nSPS) is 11.9. The molecule has 0 saturated carbocycles. The molecule has 1 unspecified atom stereocenters. The number of carbonyl (C=O) groups is 1. The fraction of sp³-hybridized carbons (Fsp3) is 0.133. The molecule has 1 atom stereocenters. The van der Waals surface area contributed by atoms with Gasteiger partial charge < -0.3 is 5.32 Å². The third-order valence-electron chi connectivity index (χ3n) is 2.84. The van der Waals surface area contributed by atoms with Crippen molar-refractivity contribution in [2.75, 3.05) is 5.88 Å². The number of halogens is 3. The van der Waals surface area contributed by atoms with E-state index in [2.05, 4.69) is 5.32 Å². The second kappa shape index (κ2) is 6.73. The smallest absolute Gasteiger partial charge is 0.254 e. The summed E-state index contributed by atoms with van der Waals surface area (Å²) in [5.74, 6) is -0.977. The molecule has 2 nitrogen and oxygen atoms in total. The quantitative estimate of drug-likeness (QED) is 0.843. The van der Waals surface area contributed by atoms with Gasteiger partial charge in [0.15, 0.2) is 0 Å². The van der Waals surface area contributed by atoms with Gasteiger partial charge in [-0.2, -0.15) is 0 Å². The molecule has 0 saturated heterocycles. The number of hydrogen-bond donors (Lipinski definition) is 1. The lowest BCUT2D eigenvalue weighted by Crippen LogP contribution is -2.30. The van der Waals surface area contributed by atoms with Gasteiger partial charge in [-0.1, -0.05) is 41.9 Å². The Bertz CT molecular complexity index is 604. The Kier molecular flexibility index (Phi) is 4.99. The summed E-state index contributed by atoms with van der Waals surface area (Å²) in [7, 11) is 0. The summed E-state index contributed by atoms with van der Waals surface area (Å²) in [4.78, 5) is 12.1. The van der Waals surface area contributed by atoms with E-state index in [9.17, 15) is 9.18 Å². The molecule has 2 rings (SSSR count). The van der Waals surface area contributed by atoms with Gasteiger partial charge in [-0.3, -0.25) is 4.79 Å². The maximum atomic E-state index is 13.7. The second-order valence-corrected chi connectivity index (χ2v) is 4.96. The summed E-state index contributed by atoms with van der Waals surface area (Å²) >= 11 is 11.5. The standard InChI is InChI=1S/C15H12Cl2FNO/c16-9-14(10-4-2-1-3-5-10)19-15(20)12-7-6-11(17)8-13(12)18/h1-8,14H,9H2,(H,19,20). The lowest BCUT2D eigenvalue weighted by atomic mass is 10.1. The number of carbonyl (C=O) groups excluding carboxylic acids is 1. The third-order valence-corrected chi connectivity index (χ3v) is 3.38. The Morgan fingerprint density at radius 1 is 1.20 bits per heavy atom. The van der Waals surface area contributed by atoms with Gasteiger partial charge in [0.25, 0.3) is 5.91 Å². The number of hydrogen-bond acceptors (Lipinski definition) is 1. The van der Waals surface area contributed by atoms with E-state index in [-0.39, 0.29) is 22.5 Å². The van der Waals surface area contributed by atoms with Crippen molar-refractivity contribution in [2.24, 2.45) is 0 Å². The first-order valence-electron chi connectivity index (χ1n) is 5.98. The molecule has 0 bridgehead atoms. The first-order valence-corrected chi connectivity index (χ1v) is 6.90. The van der Waals surface area contributed by atoms with Crippen LogP contribution in [-0.4, -0.2) is 11.8 Å². The maximum Gasteiger partial charge on any atom is 0.254 e. The number of rotatable bonds is 4. The van der Waals surface area contributed by atoms with Crippen LogP contribution >= 0.6 is 23.2 Å². The summed E-state index contributed by atoms with van der Waals surface area (Å²) in [6.07, 6.45) is 0. The van der Waals surface area contributed by atoms with Crippen LogP contribution in [0.5, 0.6) is 0 Å². The molecule has 2 aromatic rings. The Morgan fingerprint density at radius 3 is 2.50 bits per heavy atom. The fourth-order valence-electron chi connectivity index (χ4n) is 1.81. The molecular formula is C15H12Cl2FNO. The average molecular weight is 312 g/mol. The van der Waals surface area contributed by atoms with E-state index in [0.717, 1.165) is 11.6 Å². The molecule has 104 valence electrons. The molecule has 1 N–H and O–H groups in total. The zero-order valence-electron chi connectivity index (χ0n) is 10.4. The Morgan fingerprint density at radius 2 is 1.90 bits per heavy atom. The lowest BCUT2D eigenvalue weighted by molar-refractivity contribution is 0.0936. The van der Waals surface area contributed by atoms with Crippen molar-refractivity contribution in [3.8, 4) is 0 Å². The minimum absolute atomic E-state index is 0.0551. The molecule has 0 aliphatic rings. The first-order chi connectivity index (χ1) is 9.61. The Balaban J connectivity index is 2.17. The molecule has 1 amide bonds.